The maximum absolute atomic E-state index is 9.06. The van der Waals surface area contributed by atoms with E-state index in [1.807, 2.05) is 6.07 Å². The molecule has 0 amide bonds. The summed E-state index contributed by atoms with van der Waals surface area (Å²) in [5, 5.41) is 8.92. The molecular weight excluding hydrogens is 274 g/mol. The zero-order valence-electron chi connectivity index (χ0n) is 12.9. The fraction of sp³-hybridized carbons (Fsp3) is 0.625. The van der Waals surface area contributed by atoms with Crippen molar-refractivity contribution in [2.75, 3.05) is 33.4 Å². The van der Waals surface area contributed by atoms with Gasteiger partial charge >= 0.3 is 0 Å². The molecule has 1 atom stereocenters. The first-order valence-electron chi connectivity index (χ1n) is 7.18. The topological polar surface area (TPSA) is 32.7 Å². The molecule has 20 heavy (non-hydrogen) atoms. The van der Waals surface area contributed by atoms with Crippen molar-refractivity contribution in [3.05, 3.63) is 29.3 Å². The Bertz CT molecular complexity index is 409. The molecule has 0 bridgehead atoms. The molecule has 0 aliphatic heterocycles. The molecule has 3 nitrogen and oxygen atoms in total. The summed E-state index contributed by atoms with van der Waals surface area (Å²) >= 11 is 6.57. The third-order valence-corrected chi connectivity index (χ3v) is 3.91. The number of alkyl halides is 1. The quantitative estimate of drug-likeness (QED) is 0.747. The molecule has 0 saturated heterocycles. The van der Waals surface area contributed by atoms with Crippen molar-refractivity contribution in [1.29, 1.82) is 0 Å². The molecule has 1 N–H and O–H groups in total. The third-order valence-electron chi connectivity index (χ3n) is 3.54. The molecule has 0 fully saturated rings. The van der Waals surface area contributed by atoms with Crippen LogP contribution in [0.5, 0.6) is 5.75 Å². The van der Waals surface area contributed by atoms with Crippen molar-refractivity contribution in [3.63, 3.8) is 0 Å². The molecule has 0 heterocycles. The number of nitrogens with zero attached hydrogens (tertiary/aromatic N) is 1. The number of benzene rings is 1. The van der Waals surface area contributed by atoms with Crippen molar-refractivity contribution < 1.29 is 9.84 Å². The van der Waals surface area contributed by atoms with E-state index < -0.39 is 0 Å². The molecule has 1 aromatic carbocycles. The third kappa shape index (κ3) is 4.65. The summed E-state index contributed by atoms with van der Waals surface area (Å²) in [7, 11) is 1.67. The van der Waals surface area contributed by atoms with Gasteiger partial charge in [0.1, 0.15) is 5.75 Å². The van der Waals surface area contributed by atoms with Crippen LogP contribution in [-0.2, 0) is 0 Å². The van der Waals surface area contributed by atoms with Gasteiger partial charge in [-0.15, -0.1) is 11.6 Å². The number of hydrogen-bond acceptors (Lipinski definition) is 3. The normalized spacial score (nSPS) is 13.0. The first-order valence-corrected chi connectivity index (χ1v) is 7.62. The molecule has 1 rings (SSSR count). The Morgan fingerprint density at radius 1 is 1.35 bits per heavy atom. The van der Waals surface area contributed by atoms with Crippen molar-refractivity contribution >= 4 is 11.6 Å². The van der Waals surface area contributed by atoms with E-state index in [-0.39, 0.29) is 12.0 Å². The Morgan fingerprint density at radius 3 is 2.55 bits per heavy atom. The minimum atomic E-state index is -0.143. The van der Waals surface area contributed by atoms with Gasteiger partial charge in [0.15, 0.2) is 0 Å². The van der Waals surface area contributed by atoms with Crippen LogP contribution in [0.25, 0.3) is 0 Å². The fourth-order valence-corrected chi connectivity index (χ4v) is 2.57. The highest BCUT2D eigenvalue weighted by Gasteiger charge is 2.17. The van der Waals surface area contributed by atoms with Crippen LogP contribution in [0.1, 0.15) is 43.2 Å². The van der Waals surface area contributed by atoms with Crippen molar-refractivity contribution in [2.24, 2.45) is 0 Å². The van der Waals surface area contributed by atoms with E-state index in [0.717, 1.165) is 17.9 Å². The Kier molecular flexibility index (Phi) is 7.35. The van der Waals surface area contributed by atoms with Gasteiger partial charge in [-0.05, 0) is 24.1 Å². The summed E-state index contributed by atoms with van der Waals surface area (Å²) in [5.41, 5.74) is 2.29. The lowest BCUT2D eigenvalue weighted by atomic mass is 9.98. The van der Waals surface area contributed by atoms with E-state index in [2.05, 4.69) is 37.8 Å². The van der Waals surface area contributed by atoms with Crippen LogP contribution in [-0.4, -0.2) is 43.4 Å². The lowest BCUT2D eigenvalue weighted by molar-refractivity contribution is 0.201. The van der Waals surface area contributed by atoms with E-state index in [1.54, 1.807) is 7.11 Å². The number of hydrogen-bond donors (Lipinski definition) is 1. The van der Waals surface area contributed by atoms with Crippen molar-refractivity contribution in [3.8, 4) is 5.75 Å². The van der Waals surface area contributed by atoms with Crippen molar-refractivity contribution in [1.82, 2.24) is 4.90 Å². The highest BCUT2D eigenvalue weighted by molar-refractivity contribution is 6.21. The molecule has 114 valence electrons. The highest BCUT2D eigenvalue weighted by Crippen LogP contribution is 2.33. The predicted molar refractivity (Wildman–Crippen MR) is 84.9 cm³/mol. The van der Waals surface area contributed by atoms with Gasteiger partial charge in [0.2, 0.25) is 0 Å². The van der Waals surface area contributed by atoms with Crippen molar-refractivity contribution in [2.45, 2.75) is 32.1 Å². The molecule has 0 aromatic heterocycles. The monoisotopic (exact) mass is 299 g/mol. The zero-order valence-corrected chi connectivity index (χ0v) is 13.7. The van der Waals surface area contributed by atoms with Gasteiger partial charge in [0, 0.05) is 18.7 Å². The van der Waals surface area contributed by atoms with Crippen LogP contribution < -0.4 is 4.74 Å². The van der Waals surface area contributed by atoms with E-state index in [9.17, 15) is 0 Å². The van der Waals surface area contributed by atoms with Gasteiger partial charge in [-0.2, -0.15) is 0 Å². The van der Waals surface area contributed by atoms with E-state index in [1.165, 1.54) is 5.56 Å². The Balaban J connectivity index is 2.94. The summed E-state index contributed by atoms with van der Waals surface area (Å²) in [6.07, 6.45) is 0. The predicted octanol–water partition coefficient (Wildman–Crippen LogP) is 3.41. The minimum absolute atomic E-state index is 0.143. The molecule has 0 radical (unpaired) electrons. The molecule has 0 spiro atoms. The summed E-state index contributed by atoms with van der Waals surface area (Å²) in [4.78, 5) is 2.14. The molecule has 0 aliphatic carbocycles. The molecule has 1 aromatic rings. The van der Waals surface area contributed by atoms with Crippen LogP contribution in [0.15, 0.2) is 18.2 Å². The SMILES string of the molecule is CCN(CCO)CC(Cl)c1cc(C(C)C)ccc1OC. The molecule has 4 heteroatoms. The second kappa shape index (κ2) is 8.50. The largest absolute Gasteiger partial charge is 0.496 e. The lowest BCUT2D eigenvalue weighted by Crippen LogP contribution is -2.30. The Labute approximate surface area is 127 Å². The summed E-state index contributed by atoms with van der Waals surface area (Å²) in [6.45, 7) is 8.78. The van der Waals surface area contributed by atoms with Crippen LogP contribution >= 0.6 is 11.6 Å². The molecular formula is C16H26ClNO2. The van der Waals surface area contributed by atoms with E-state index in [4.69, 9.17) is 21.4 Å². The number of aliphatic hydroxyl groups excluding tert-OH is 1. The van der Waals surface area contributed by atoms with Gasteiger partial charge < -0.3 is 9.84 Å². The Hall–Kier alpha value is -0.770. The van der Waals surface area contributed by atoms with Crippen LogP contribution in [0, 0.1) is 0 Å². The van der Waals surface area contributed by atoms with Gasteiger partial charge in [-0.3, -0.25) is 4.90 Å². The lowest BCUT2D eigenvalue weighted by Gasteiger charge is -2.24. The van der Waals surface area contributed by atoms with E-state index >= 15 is 0 Å². The average molecular weight is 300 g/mol. The smallest absolute Gasteiger partial charge is 0.123 e. The van der Waals surface area contributed by atoms with E-state index in [0.29, 0.717) is 19.0 Å². The number of rotatable bonds is 8. The maximum atomic E-state index is 9.06. The first kappa shape index (κ1) is 17.3. The summed E-state index contributed by atoms with van der Waals surface area (Å²) in [5.74, 6) is 1.29. The average Bonchev–Trinajstić information content (AvgIpc) is 2.45. The van der Waals surface area contributed by atoms with Crippen LogP contribution in [0.3, 0.4) is 0 Å². The second-order valence-corrected chi connectivity index (χ2v) is 5.77. The maximum Gasteiger partial charge on any atom is 0.123 e. The molecule has 0 aliphatic rings. The zero-order chi connectivity index (χ0) is 15.1. The van der Waals surface area contributed by atoms with Gasteiger partial charge in [-0.25, -0.2) is 0 Å². The van der Waals surface area contributed by atoms with Gasteiger partial charge in [0.25, 0.3) is 0 Å². The first-order chi connectivity index (χ1) is 9.53. The number of aliphatic hydroxyl groups is 1. The molecule has 1 unspecified atom stereocenters. The second-order valence-electron chi connectivity index (χ2n) is 5.24. The fourth-order valence-electron chi connectivity index (χ4n) is 2.20. The summed E-state index contributed by atoms with van der Waals surface area (Å²) < 4.78 is 5.42. The minimum Gasteiger partial charge on any atom is -0.496 e. The molecule has 0 saturated carbocycles. The van der Waals surface area contributed by atoms with Gasteiger partial charge in [0.05, 0.1) is 19.1 Å². The standard InChI is InChI=1S/C16H26ClNO2/c1-5-18(8-9-19)11-15(17)14-10-13(12(2)3)6-7-16(14)20-4/h6-7,10,12,15,19H,5,8-9,11H2,1-4H3. The Morgan fingerprint density at radius 2 is 2.05 bits per heavy atom. The number of likely N-dealkylation sites (N-methyl/N-ethyl adjacent to an activating group) is 1. The van der Waals surface area contributed by atoms with Crippen LogP contribution in [0.2, 0.25) is 0 Å². The number of methoxy groups -OCH3 is 1. The number of halogens is 1. The summed E-state index contributed by atoms with van der Waals surface area (Å²) in [6, 6.07) is 6.21. The van der Waals surface area contributed by atoms with Crippen LogP contribution in [0.4, 0.5) is 0 Å². The van der Waals surface area contributed by atoms with Gasteiger partial charge in [-0.1, -0.05) is 32.9 Å². The number of ether oxygens (including phenoxy) is 1. The highest BCUT2D eigenvalue weighted by atomic mass is 35.5.